The van der Waals surface area contributed by atoms with Crippen LogP contribution in [0.3, 0.4) is 0 Å². The summed E-state index contributed by atoms with van der Waals surface area (Å²) in [4.78, 5) is 26.0. The molecule has 2 aromatic rings. The number of nitrogens with one attached hydrogen (secondary N) is 2. The second kappa shape index (κ2) is 11.6. The fourth-order valence-corrected chi connectivity index (χ4v) is 6.73. The maximum Gasteiger partial charge on any atom is 0.251 e. The number of carbonyl (C=O) groups excluding carboxylic acids is 2. The van der Waals surface area contributed by atoms with Crippen LogP contribution >= 0.6 is 0 Å². The van der Waals surface area contributed by atoms with Crippen LogP contribution in [0.2, 0.25) is 0 Å². The largest absolute Gasteiger partial charge is 0.497 e. The molecule has 0 aromatic heterocycles. The van der Waals surface area contributed by atoms with Crippen molar-refractivity contribution in [2.45, 2.75) is 65.1 Å². The van der Waals surface area contributed by atoms with E-state index in [1.54, 1.807) is 31.4 Å². The second-order valence-corrected chi connectivity index (χ2v) is 11.4. The quantitative estimate of drug-likeness (QED) is 0.503. The highest BCUT2D eigenvalue weighted by atomic mass is 16.5. The summed E-state index contributed by atoms with van der Waals surface area (Å²) in [6, 6.07) is 16.2. The molecular weight excluding hydrogens is 478 g/mol. The lowest BCUT2D eigenvalue weighted by molar-refractivity contribution is -0.142. The second-order valence-electron chi connectivity index (χ2n) is 11.4. The Bertz CT molecular complexity index is 1170. The highest BCUT2D eigenvalue weighted by Gasteiger charge is 2.53. The van der Waals surface area contributed by atoms with Gasteiger partial charge in [0.25, 0.3) is 5.91 Å². The van der Waals surface area contributed by atoms with Gasteiger partial charge in [0.05, 0.1) is 24.8 Å². The van der Waals surface area contributed by atoms with Gasteiger partial charge in [-0.15, -0.1) is 0 Å². The predicted octanol–water partition coefficient (Wildman–Crippen LogP) is 4.44. The summed E-state index contributed by atoms with van der Waals surface area (Å²) < 4.78 is 5.20. The maximum absolute atomic E-state index is 13.1. The van der Waals surface area contributed by atoms with Gasteiger partial charge in [-0.05, 0) is 90.8 Å². The molecule has 0 aliphatic heterocycles. The van der Waals surface area contributed by atoms with Gasteiger partial charge in [0.15, 0.2) is 0 Å². The number of benzene rings is 2. The van der Waals surface area contributed by atoms with E-state index in [4.69, 9.17) is 10.00 Å². The Kier molecular flexibility index (Phi) is 8.42. The number of carbonyl (C=O) groups is 2. The maximum atomic E-state index is 13.1. The molecule has 2 saturated carbocycles. The smallest absolute Gasteiger partial charge is 0.251 e. The van der Waals surface area contributed by atoms with Gasteiger partial charge in [0.2, 0.25) is 5.91 Å². The summed E-state index contributed by atoms with van der Waals surface area (Å²) in [7, 11) is 1.62. The van der Waals surface area contributed by atoms with Crippen molar-refractivity contribution in [2.75, 3.05) is 7.11 Å². The molecule has 0 bridgehead atoms. The minimum atomic E-state index is -0.625. The number of aliphatic hydroxyl groups excluding tert-OH is 1. The number of methoxy groups -OCH3 is 1. The first kappa shape index (κ1) is 27.7. The number of ether oxygens (including phenoxy) is 1. The topological polar surface area (TPSA) is 111 Å². The zero-order chi connectivity index (χ0) is 27.4. The van der Waals surface area contributed by atoms with Crippen LogP contribution in [-0.4, -0.2) is 36.2 Å². The van der Waals surface area contributed by atoms with E-state index in [0.717, 1.165) is 37.0 Å². The molecule has 7 nitrogen and oxygen atoms in total. The molecule has 2 aromatic carbocycles. The van der Waals surface area contributed by atoms with Crippen molar-refractivity contribution in [3.63, 3.8) is 0 Å². The Morgan fingerprint density at radius 1 is 1.13 bits per heavy atom. The monoisotopic (exact) mass is 517 g/mol. The van der Waals surface area contributed by atoms with Crippen molar-refractivity contribution in [3.8, 4) is 11.8 Å². The number of nitrogens with zero attached hydrogens (tertiary/aromatic N) is 1. The van der Waals surface area contributed by atoms with Gasteiger partial charge >= 0.3 is 0 Å². The van der Waals surface area contributed by atoms with E-state index in [0.29, 0.717) is 17.7 Å². The fraction of sp³-hybridized carbons (Fsp3) is 0.516. The number of aliphatic hydroxyl groups is 1. The molecule has 3 N–H and O–H groups in total. The number of fused-ring (bicyclic) bond motifs is 1. The molecule has 38 heavy (non-hydrogen) atoms. The number of hydrogen-bond donors (Lipinski definition) is 3. The Labute approximate surface area is 225 Å². The molecule has 2 aliphatic carbocycles. The van der Waals surface area contributed by atoms with Crippen LogP contribution in [0.5, 0.6) is 5.75 Å². The highest BCUT2D eigenvalue weighted by molar-refractivity contribution is 5.94. The molecule has 2 fully saturated rings. The average molecular weight is 518 g/mol. The summed E-state index contributed by atoms with van der Waals surface area (Å²) in [5, 5.41) is 26.9. The van der Waals surface area contributed by atoms with E-state index >= 15 is 0 Å². The fourth-order valence-electron chi connectivity index (χ4n) is 6.73. The summed E-state index contributed by atoms with van der Waals surface area (Å²) in [5.74, 6) is 0.134. The van der Waals surface area contributed by atoms with Crippen molar-refractivity contribution in [1.29, 1.82) is 5.26 Å². The van der Waals surface area contributed by atoms with Crippen molar-refractivity contribution in [3.05, 3.63) is 65.2 Å². The molecule has 7 unspecified atom stereocenters. The molecule has 2 aliphatic rings. The molecule has 0 radical (unpaired) electrons. The number of amides is 2. The molecule has 2 amide bonds. The Morgan fingerprint density at radius 2 is 1.79 bits per heavy atom. The third kappa shape index (κ3) is 5.71. The predicted molar refractivity (Wildman–Crippen MR) is 145 cm³/mol. The van der Waals surface area contributed by atoms with E-state index in [1.165, 1.54) is 0 Å². The molecular formula is C31H39N3O4. The lowest BCUT2D eigenvalue weighted by atomic mass is 9.51. The molecule has 7 atom stereocenters. The van der Waals surface area contributed by atoms with Gasteiger partial charge in [0.1, 0.15) is 5.75 Å². The summed E-state index contributed by atoms with van der Waals surface area (Å²) in [6.07, 6.45) is 2.91. The number of hydrogen-bond acceptors (Lipinski definition) is 5. The number of rotatable bonds is 7. The molecule has 4 rings (SSSR count). The van der Waals surface area contributed by atoms with E-state index in [9.17, 15) is 14.7 Å². The Balaban J connectivity index is 1.40. The average Bonchev–Trinajstić information content (AvgIpc) is 2.93. The van der Waals surface area contributed by atoms with Crippen LogP contribution in [0.4, 0.5) is 0 Å². The van der Waals surface area contributed by atoms with Crippen LogP contribution in [-0.2, 0) is 11.3 Å². The van der Waals surface area contributed by atoms with Gasteiger partial charge in [0, 0.05) is 24.1 Å². The van der Waals surface area contributed by atoms with Gasteiger partial charge in [-0.3, -0.25) is 9.59 Å². The zero-order valence-corrected chi connectivity index (χ0v) is 22.7. The summed E-state index contributed by atoms with van der Waals surface area (Å²) in [5.41, 5.74) is 2.00. The van der Waals surface area contributed by atoms with Crippen LogP contribution in [0, 0.1) is 40.4 Å². The van der Waals surface area contributed by atoms with Crippen molar-refractivity contribution in [2.24, 2.45) is 29.1 Å². The van der Waals surface area contributed by atoms with Crippen LogP contribution in [0.1, 0.15) is 67.9 Å². The third-order valence-corrected chi connectivity index (χ3v) is 9.16. The van der Waals surface area contributed by atoms with Crippen LogP contribution < -0.4 is 15.4 Å². The highest BCUT2D eigenvalue weighted by Crippen LogP contribution is 2.55. The SMILES string of the molecule is COc1ccc(CNC(=O)C(C)C2CCC3(C)CCC(NC(=O)c4ccc(C#N)cc4)C(C)C3C2O)cc1. The normalized spacial score (nSPS) is 29.3. The number of nitriles is 1. The minimum Gasteiger partial charge on any atom is -0.497 e. The van der Waals surface area contributed by atoms with Crippen molar-refractivity contribution < 1.29 is 19.4 Å². The van der Waals surface area contributed by atoms with Gasteiger partial charge in [-0.2, -0.15) is 5.26 Å². The van der Waals surface area contributed by atoms with Gasteiger partial charge in [-0.25, -0.2) is 0 Å². The third-order valence-electron chi connectivity index (χ3n) is 9.16. The standard InChI is InChI=1S/C31H39N3O4/c1-19(29(36)33-18-22-7-11-24(38-4)12-8-22)25-13-15-31(3)16-14-26(20(2)27(31)28(25)35)34-30(37)23-9-5-21(17-32)6-10-23/h5-12,19-20,25-28,35H,13-16,18H2,1-4H3,(H,33,36)(H,34,37). The van der Waals surface area contributed by atoms with E-state index in [1.807, 2.05) is 31.2 Å². The molecule has 202 valence electrons. The van der Waals surface area contributed by atoms with E-state index in [-0.39, 0.29) is 46.9 Å². The first-order valence-electron chi connectivity index (χ1n) is 13.6. The molecule has 0 saturated heterocycles. The first-order chi connectivity index (χ1) is 18.2. The van der Waals surface area contributed by atoms with Crippen LogP contribution in [0.25, 0.3) is 0 Å². The molecule has 7 heteroatoms. The lowest BCUT2D eigenvalue weighted by Crippen LogP contribution is -2.58. The zero-order valence-electron chi connectivity index (χ0n) is 22.7. The summed E-state index contributed by atoms with van der Waals surface area (Å²) >= 11 is 0. The molecule has 0 spiro atoms. The first-order valence-corrected chi connectivity index (χ1v) is 13.6. The molecule has 0 heterocycles. The van der Waals surface area contributed by atoms with Gasteiger partial charge < -0.3 is 20.5 Å². The van der Waals surface area contributed by atoms with E-state index in [2.05, 4.69) is 30.6 Å². The van der Waals surface area contributed by atoms with E-state index < -0.39 is 6.10 Å². The Hall–Kier alpha value is -3.37. The van der Waals surface area contributed by atoms with Crippen molar-refractivity contribution >= 4 is 11.8 Å². The lowest BCUT2D eigenvalue weighted by Gasteiger charge is -2.56. The van der Waals surface area contributed by atoms with Crippen LogP contribution in [0.15, 0.2) is 48.5 Å². The summed E-state index contributed by atoms with van der Waals surface area (Å²) in [6.45, 7) is 6.71. The minimum absolute atomic E-state index is 0.0156. The van der Waals surface area contributed by atoms with Gasteiger partial charge in [-0.1, -0.05) is 32.9 Å². The Morgan fingerprint density at radius 3 is 2.42 bits per heavy atom. The van der Waals surface area contributed by atoms with Crippen molar-refractivity contribution in [1.82, 2.24) is 10.6 Å².